The first-order valence-corrected chi connectivity index (χ1v) is 7.25. The average molecular weight is 329 g/mol. The Morgan fingerprint density at radius 1 is 1.13 bits per heavy atom. The van der Waals surface area contributed by atoms with Crippen LogP contribution in [0.5, 0.6) is 0 Å². The van der Waals surface area contributed by atoms with Crippen LogP contribution in [0.3, 0.4) is 0 Å². The molecule has 0 aliphatic carbocycles. The molecule has 10 nitrogen and oxygen atoms in total. The van der Waals surface area contributed by atoms with E-state index < -0.39 is 47.7 Å². The van der Waals surface area contributed by atoms with E-state index >= 15 is 0 Å². The quantitative estimate of drug-likeness (QED) is 0.466. The molecule has 3 rings (SSSR count). The monoisotopic (exact) mass is 329 g/mol. The number of ether oxygens (including phenoxy) is 5. The average Bonchev–Trinajstić information content (AvgIpc) is 3.01. The number of azide groups is 1. The third kappa shape index (κ3) is 2.57. The fourth-order valence-corrected chi connectivity index (χ4v) is 3.20. The van der Waals surface area contributed by atoms with Gasteiger partial charge in [0.25, 0.3) is 5.72 Å². The van der Waals surface area contributed by atoms with E-state index in [1.54, 1.807) is 27.7 Å². The molecule has 0 spiro atoms. The predicted octanol–water partition coefficient (Wildman–Crippen LogP) is 1.15. The smallest absolute Gasteiger partial charge is 0.345 e. The van der Waals surface area contributed by atoms with Crippen LogP contribution in [0, 0.1) is 0 Å². The fraction of sp³-hybridized carbons (Fsp3) is 0.923. The Kier molecular flexibility index (Phi) is 3.60. The SMILES string of the molecule is CC1(C)OC[C@H]([C@H]2O[C@@](N=[N+]=[N-])(C(=O)O)[C@H]3OC(C)(C)O[C@@H]23)O1. The lowest BCUT2D eigenvalue weighted by Gasteiger charge is -2.29. The summed E-state index contributed by atoms with van der Waals surface area (Å²) in [7, 11) is 0. The lowest BCUT2D eigenvalue weighted by Crippen LogP contribution is -2.48. The summed E-state index contributed by atoms with van der Waals surface area (Å²) in [5, 5.41) is 13.0. The number of hydrogen-bond acceptors (Lipinski definition) is 7. The number of carboxylic acids is 1. The highest BCUT2D eigenvalue weighted by Gasteiger charge is 2.68. The number of nitrogens with zero attached hydrogens (tertiary/aromatic N) is 3. The van der Waals surface area contributed by atoms with E-state index in [9.17, 15) is 9.90 Å². The molecule has 3 aliphatic heterocycles. The topological polar surface area (TPSA) is 132 Å². The molecule has 10 heteroatoms. The van der Waals surface area contributed by atoms with Gasteiger partial charge in [-0.25, -0.2) is 4.79 Å². The highest BCUT2D eigenvalue weighted by Crippen LogP contribution is 2.47. The van der Waals surface area contributed by atoms with Crippen LogP contribution in [0.2, 0.25) is 0 Å². The summed E-state index contributed by atoms with van der Waals surface area (Å²) >= 11 is 0. The molecule has 3 fully saturated rings. The molecule has 3 saturated heterocycles. The normalized spacial score (nSPS) is 43.8. The fourth-order valence-electron chi connectivity index (χ4n) is 3.20. The van der Waals surface area contributed by atoms with Gasteiger partial charge in [0, 0.05) is 4.91 Å². The molecule has 0 radical (unpaired) electrons. The van der Waals surface area contributed by atoms with Crippen LogP contribution < -0.4 is 0 Å². The summed E-state index contributed by atoms with van der Waals surface area (Å²) in [5.74, 6) is -3.28. The van der Waals surface area contributed by atoms with Gasteiger partial charge >= 0.3 is 5.97 Å². The summed E-state index contributed by atoms with van der Waals surface area (Å²) in [4.78, 5) is 14.4. The van der Waals surface area contributed by atoms with Crippen LogP contribution >= 0.6 is 0 Å². The standard InChI is InChI=1S/C13H19N3O7/c1-11(2)19-5-6(20-11)7-8-9(23-12(3,4)21-8)13(22-7,10(17)18)15-16-14/h6-9H,5H2,1-4H3,(H,17,18)/t6-,7-,8+,9+,13-/m1/s1. The molecule has 23 heavy (non-hydrogen) atoms. The Morgan fingerprint density at radius 2 is 1.83 bits per heavy atom. The van der Waals surface area contributed by atoms with Crippen LogP contribution in [0.1, 0.15) is 27.7 Å². The molecule has 0 amide bonds. The molecule has 0 unspecified atom stereocenters. The van der Waals surface area contributed by atoms with Crippen molar-refractivity contribution in [3.05, 3.63) is 10.4 Å². The van der Waals surface area contributed by atoms with Crippen molar-refractivity contribution in [3.63, 3.8) is 0 Å². The Balaban J connectivity index is 1.97. The van der Waals surface area contributed by atoms with Gasteiger partial charge in [-0.15, -0.1) is 0 Å². The highest BCUT2D eigenvalue weighted by atomic mass is 16.8. The third-order valence-corrected chi connectivity index (χ3v) is 4.05. The Hall–Kier alpha value is -1.42. The zero-order valence-corrected chi connectivity index (χ0v) is 13.3. The van der Waals surface area contributed by atoms with E-state index in [2.05, 4.69) is 10.0 Å². The van der Waals surface area contributed by atoms with Crippen LogP contribution in [0.25, 0.3) is 10.4 Å². The maximum Gasteiger partial charge on any atom is 0.345 e. The van der Waals surface area contributed by atoms with Gasteiger partial charge in [0.1, 0.15) is 24.4 Å². The second-order valence-electron chi connectivity index (χ2n) is 6.66. The van der Waals surface area contributed by atoms with E-state index in [0.717, 1.165) is 0 Å². The van der Waals surface area contributed by atoms with Crippen molar-refractivity contribution in [2.75, 3.05) is 6.61 Å². The second-order valence-corrected chi connectivity index (χ2v) is 6.66. The first-order valence-electron chi connectivity index (χ1n) is 7.25. The number of aliphatic carboxylic acids is 1. The van der Waals surface area contributed by atoms with Crippen molar-refractivity contribution < 1.29 is 33.6 Å². The van der Waals surface area contributed by atoms with Gasteiger partial charge in [0.05, 0.1) is 6.61 Å². The lowest BCUT2D eigenvalue weighted by molar-refractivity contribution is -0.229. The Morgan fingerprint density at radius 3 is 2.35 bits per heavy atom. The Bertz CT molecular complexity index is 570. The molecule has 0 bridgehead atoms. The molecule has 1 N–H and O–H groups in total. The molecule has 0 aromatic carbocycles. The first-order chi connectivity index (χ1) is 10.6. The first kappa shape index (κ1) is 16.4. The van der Waals surface area contributed by atoms with Crippen LogP contribution in [0.15, 0.2) is 5.11 Å². The minimum Gasteiger partial charge on any atom is -0.479 e. The number of hydrogen-bond donors (Lipinski definition) is 1. The molecule has 3 heterocycles. The van der Waals surface area contributed by atoms with E-state index in [-0.39, 0.29) is 6.61 Å². The minimum atomic E-state index is -2.20. The minimum absolute atomic E-state index is 0.205. The van der Waals surface area contributed by atoms with Gasteiger partial charge in [-0.2, -0.15) is 0 Å². The maximum absolute atomic E-state index is 11.8. The van der Waals surface area contributed by atoms with Crippen molar-refractivity contribution in [1.29, 1.82) is 0 Å². The molecular formula is C13H19N3O7. The second kappa shape index (κ2) is 5.04. The largest absolute Gasteiger partial charge is 0.479 e. The van der Waals surface area contributed by atoms with Crippen LogP contribution in [0.4, 0.5) is 0 Å². The number of carbonyl (C=O) groups is 1. The number of fused-ring (bicyclic) bond motifs is 1. The van der Waals surface area contributed by atoms with Crippen molar-refractivity contribution in [2.24, 2.45) is 5.11 Å². The number of rotatable bonds is 3. The zero-order valence-electron chi connectivity index (χ0n) is 13.3. The summed E-state index contributed by atoms with van der Waals surface area (Å²) < 4.78 is 28.3. The van der Waals surface area contributed by atoms with Gasteiger partial charge < -0.3 is 28.8 Å². The van der Waals surface area contributed by atoms with E-state index in [4.69, 9.17) is 29.2 Å². The van der Waals surface area contributed by atoms with Crippen molar-refractivity contribution in [3.8, 4) is 0 Å². The molecule has 0 aromatic heterocycles. The predicted molar refractivity (Wildman–Crippen MR) is 73.1 cm³/mol. The molecule has 5 atom stereocenters. The van der Waals surface area contributed by atoms with Crippen LogP contribution in [-0.4, -0.2) is 59.4 Å². The summed E-state index contributed by atoms with van der Waals surface area (Å²) in [6.45, 7) is 7.00. The molecule has 3 aliphatic rings. The van der Waals surface area contributed by atoms with Gasteiger partial charge in [0.2, 0.25) is 0 Å². The molecular weight excluding hydrogens is 310 g/mol. The van der Waals surface area contributed by atoms with Crippen LogP contribution in [-0.2, 0) is 28.5 Å². The molecule has 0 aromatic rings. The van der Waals surface area contributed by atoms with Gasteiger partial charge in [-0.1, -0.05) is 0 Å². The van der Waals surface area contributed by atoms with Crippen molar-refractivity contribution in [2.45, 2.75) is 69.4 Å². The van der Waals surface area contributed by atoms with Crippen molar-refractivity contribution >= 4 is 5.97 Å². The summed E-state index contributed by atoms with van der Waals surface area (Å²) in [6, 6.07) is 0. The van der Waals surface area contributed by atoms with E-state index in [1.807, 2.05) is 0 Å². The lowest BCUT2D eigenvalue weighted by atomic mass is 10.0. The zero-order chi connectivity index (χ0) is 17.0. The van der Waals surface area contributed by atoms with E-state index in [1.165, 1.54) is 0 Å². The van der Waals surface area contributed by atoms with Crippen molar-refractivity contribution in [1.82, 2.24) is 0 Å². The summed E-state index contributed by atoms with van der Waals surface area (Å²) in [5.41, 5.74) is 6.59. The van der Waals surface area contributed by atoms with Gasteiger partial charge in [0.15, 0.2) is 11.6 Å². The van der Waals surface area contributed by atoms with Gasteiger partial charge in [-0.05, 0) is 38.3 Å². The van der Waals surface area contributed by atoms with Gasteiger partial charge in [-0.3, -0.25) is 0 Å². The molecule has 128 valence electrons. The summed E-state index contributed by atoms with van der Waals surface area (Å²) in [6.07, 6.45) is -3.20. The highest BCUT2D eigenvalue weighted by molar-refractivity contribution is 5.79. The third-order valence-electron chi connectivity index (χ3n) is 4.05. The maximum atomic E-state index is 11.8. The van der Waals surface area contributed by atoms with E-state index in [0.29, 0.717) is 0 Å². The number of carboxylic acid groups (broad SMARTS) is 1. The molecule has 0 saturated carbocycles. The Labute approximate surface area is 132 Å².